The molecule has 38 heavy (non-hydrogen) atoms. The van der Waals surface area contributed by atoms with E-state index in [0.29, 0.717) is 40.7 Å². The lowest BCUT2D eigenvalue weighted by Gasteiger charge is -2.41. The number of benzene rings is 2. The summed E-state index contributed by atoms with van der Waals surface area (Å²) in [5.41, 5.74) is 2.17. The number of fused-ring (bicyclic) bond motifs is 1. The molecule has 1 fully saturated rings. The Labute approximate surface area is 225 Å². The standard InChI is InChI=1S/C27H29ClO10/c1-5-32-19-8-6-17(7-9-19)10-18-11-20(23-26(22(18)28)35-13-34-23)24-27(38-16(4)31)25(37-15(3)30)21(12-33-24)36-14(2)29/h6-9,11,21,24-25,27H,5,10,12-13H2,1-4H3/t21-,24+,25+,27+/m1/s1. The fourth-order valence-electron chi connectivity index (χ4n) is 4.56. The van der Waals surface area contributed by atoms with E-state index in [4.69, 9.17) is 44.8 Å². The summed E-state index contributed by atoms with van der Waals surface area (Å²) >= 11 is 6.71. The molecule has 0 saturated carbocycles. The van der Waals surface area contributed by atoms with E-state index in [2.05, 4.69) is 0 Å². The molecule has 11 heteroatoms. The number of hydrogen-bond donors (Lipinski definition) is 0. The molecule has 0 unspecified atom stereocenters. The fraction of sp³-hybridized carbons (Fsp3) is 0.444. The fourth-order valence-corrected chi connectivity index (χ4v) is 4.82. The van der Waals surface area contributed by atoms with Crippen molar-refractivity contribution < 1.29 is 47.5 Å². The second kappa shape index (κ2) is 11.9. The Bertz CT molecular complexity index is 1200. The van der Waals surface area contributed by atoms with Gasteiger partial charge in [0.05, 0.1) is 18.2 Å². The monoisotopic (exact) mass is 548 g/mol. The van der Waals surface area contributed by atoms with Gasteiger partial charge in [0.2, 0.25) is 6.79 Å². The third-order valence-corrected chi connectivity index (χ3v) is 6.39. The second-order valence-corrected chi connectivity index (χ2v) is 9.19. The molecule has 204 valence electrons. The highest BCUT2D eigenvalue weighted by Crippen LogP contribution is 2.49. The minimum absolute atomic E-state index is 0.0665. The highest BCUT2D eigenvalue weighted by molar-refractivity contribution is 6.33. The lowest BCUT2D eigenvalue weighted by molar-refractivity contribution is -0.227. The van der Waals surface area contributed by atoms with E-state index in [1.165, 1.54) is 20.8 Å². The lowest BCUT2D eigenvalue weighted by Crippen LogP contribution is -2.54. The van der Waals surface area contributed by atoms with Gasteiger partial charge in [0.15, 0.2) is 29.8 Å². The predicted molar refractivity (Wildman–Crippen MR) is 133 cm³/mol. The Morgan fingerprint density at radius 3 is 2.18 bits per heavy atom. The molecule has 0 N–H and O–H groups in total. The Morgan fingerprint density at radius 2 is 1.55 bits per heavy atom. The summed E-state index contributed by atoms with van der Waals surface area (Å²) in [5, 5.41) is 0.379. The van der Waals surface area contributed by atoms with E-state index in [1.54, 1.807) is 6.07 Å². The van der Waals surface area contributed by atoms with E-state index in [0.717, 1.165) is 11.3 Å². The molecule has 2 aliphatic heterocycles. The first-order valence-electron chi connectivity index (χ1n) is 12.1. The molecule has 0 bridgehead atoms. The van der Waals surface area contributed by atoms with Gasteiger partial charge in [-0.05, 0) is 42.7 Å². The molecule has 2 aromatic rings. The number of halogens is 1. The molecule has 2 aromatic carbocycles. The van der Waals surface area contributed by atoms with Gasteiger partial charge in [-0.15, -0.1) is 0 Å². The van der Waals surface area contributed by atoms with Crippen molar-refractivity contribution in [2.24, 2.45) is 0 Å². The molecule has 0 spiro atoms. The molecule has 10 nitrogen and oxygen atoms in total. The van der Waals surface area contributed by atoms with Crippen LogP contribution in [0, 0.1) is 0 Å². The Morgan fingerprint density at radius 1 is 0.921 bits per heavy atom. The predicted octanol–water partition coefficient (Wildman–Crippen LogP) is 3.92. The minimum Gasteiger partial charge on any atom is -0.494 e. The lowest BCUT2D eigenvalue weighted by atomic mass is 9.91. The first kappa shape index (κ1) is 27.5. The van der Waals surface area contributed by atoms with Gasteiger partial charge in [-0.3, -0.25) is 14.4 Å². The summed E-state index contributed by atoms with van der Waals surface area (Å²) in [6.07, 6.45) is -3.76. The smallest absolute Gasteiger partial charge is 0.303 e. The van der Waals surface area contributed by atoms with Crippen LogP contribution in [0.2, 0.25) is 5.02 Å². The molecule has 2 heterocycles. The molecule has 0 amide bonds. The SMILES string of the molecule is CCOc1ccc(Cc2cc([C@@H]3OC[C@@H](OC(C)=O)[C@H](OC(C)=O)[C@H]3OC(C)=O)c3c(c2Cl)OCO3)cc1. The van der Waals surface area contributed by atoms with Crippen molar-refractivity contribution in [2.45, 2.75) is 58.5 Å². The van der Waals surface area contributed by atoms with Gasteiger partial charge in [0.25, 0.3) is 0 Å². The van der Waals surface area contributed by atoms with Gasteiger partial charge in [0.1, 0.15) is 11.9 Å². The zero-order valence-electron chi connectivity index (χ0n) is 21.5. The number of rotatable bonds is 8. The molecule has 2 aliphatic rings. The third-order valence-electron chi connectivity index (χ3n) is 5.97. The maximum absolute atomic E-state index is 12.1. The minimum atomic E-state index is -1.15. The van der Waals surface area contributed by atoms with Crippen molar-refractivity contribution in [3.8, 4) is 17.2 Å². The number of ether oxygens (including phenoxy) is 7. The van der Waals surface area contributed by atoms with Crippen molar-refractivity contribution in [3.63, 3.8) is 0 Å². The van der Waals surface area contributed by atoms with Crippen molar-refractivity contribution >= 4 is 29.5 Å². The van der Waals surface area contributed by atoms with Crippen LogP contribution in [-0.4, -0.2) is 56.2 Å². The molecule has 4 rings (SSSR count). The highest BCUT2D eigenvalue weighted by Gasteiger charge is 2.49. The van der Waals surface area contributed by atoms with E-state index in [-0.39, 0.29) is 13.4 Å². The largest absolute Gasteiger partial charge is 0.494 e. The van der Waals surface area contributed by atoms with Gasteiger partial charge >= 0.3 is 17.9 Å². The second-order valence-electron chi connectivity index (χ2n) is 8.81. The topological polar surface area (TPSA) is 116 Å². The van der Waals surface area contributed by atoms with Crippen LogP contribution < -0.4 is 14.2 Å². The molecule has 0 aromatic heterocycles. The van der Waals surface area contributed by atoms with Crippen LogP contribution in [0.25, 0.3) is 0 Å². The average Bonchev–Trinajstić information content (AvgIpc) is 3.34. The molecular formula is C27H29ClO10. The zero-order chi connectivity index (χ0) is 27.4. The van der Waals surface area contributed by atoms with Crippen molar-refractivity contribution in [1.82, 2.24) is 0 Å². The summed E-state index contributed by atoms with van der Waals surface area (Å²) in [4.78, 5) is 35.8. The van der Waals surface area contributed by atoms with Gasteiger partial charge < -0.3 is 33.2 Å². The third kappa shape index (κ3) is 6.14. The number of carbonyl (C=O) groups excluding carboxylic acids is 3. The van der Waals surface area contributed by atoms with E-state index < -0.39 is 42.3 Å². The van der Waals surface area contributed by atoms with Crippen LogP contribution in [0.4, 0.5) is 0 Å². The van der Waals surface area contributed by atoms with Crippen LogP contribution in [0.1, 0.15) is 50.5 Å². The first-order chi connectivity index (χ1) is 18.2. The number of esters is 3. The summed E-state index contributed by atoms with van der Waals surface area (Å²) in [6.45, 7) is 5.96. The molecule has 0 aliphatic carbocycles. The maximum Gasteiger partial charge on any atom is 0.303 e. The first-order valence-corrected chi connectivity index (χ1v) is 12.5. The Balaban J connectivity index is 1.74. The van der Waals surface area contributed by atoms with E-state index in [1.807, 2.05) is 31.2 Å². The zero-order valence-corrected chi connectivity index (χ0v) is 22.2. The van der Waals surface area contributed by atoms with Crippen LogP contribution in [0.5, 0.6) is 17.2 Å². The van der Waals surface area contributed by atoms with Gasteiger partial charge in [-0.25, -0.2) is 0 Å². The summed E-state index contributed by atoms with van der Waals surface area (Å²) in [5.74, 6) is -0.449. The van der Waals surface area contributed by atoms with E-state index >= 15 is 0 Å². The summed E-state index contributed by atoms with van der Waals surface area (Å²) in [6, 6.07) is 9.42. The van der Waals surface area contributed by atoms with Crippen LogP contribution >= 0.6 is 11.6 Å². The number of carbonyl (C=O) groups is 3. The van der Waals surface area contributed by atoms with Gasteiger partial charge in [-0.2, -0.15) is 0 Å². The van der Waals surface area contributed by atoms with Crippen LogP contribution in [0.3, 0.4) is 0 Å². The average molecular weight is 549 g/mol. The highest BCUT2D eigenvalue weighted by atomic mass is 35.5. The normalized spacial score (nSPS) is 21.9. The summed E-state index contributed by atoms with van der Waals surface area (Å²) < 4.78 is 39.4. The molecular weight excluding hydrogens is 520 g/mol. The maximum atomic E-state index is 12.1. The van der Waals surface area contributed by atoms with E-state index in [9.17, 15) is 14.4 Å². The Hall–Kier alpha value is -3.50. The van der Waals surface area contributed by atoms with Gasteiger partial charge in [-0.1, -0.05) is 23.7 Å². The summed E-state index contributed by atoms with van der Waals surface area (Å²) in [7, 11) is 0. The van der Waals surface area contributed by atoms with Crippen molar-refractivity contribution in [2.75, 3.05) is 20.0 Å². The van der Waals surface area contributed by atoms with Crippen LogP contribution in [0.15, 0.2) is 30.3 Å². The molecule has 0 radical (unpaired) electrons. The number of hydrogen-bond acceptors (Lipinski definition) is 10. The Kier molecular flexibility index (Phi) is 8.63. The van der Waals surface area contributed by atoms with Crippen LogP contribution in [-0.2, 0) is 39.8 Å². The van der Waals surface area contributed by atoms with Crippen molar-refractivity contribution in [3.05, 3.63) is 52.0 Å². The van der Waals surface area contributed by atoms with Gasteiger partial charge in [0, 0.05) is 26.3 Å². The molecule has 1 saturated heterocycles. The van der Waals surface area contributed by atoms with Crippen molar-refractivity contribution in [1.29, 1.82) is 0 Å². The molecule has 4 atom stereocenters. The quantitative estimate of drug-likeness (QED) is 0.355.